The first-order valence-corrected chi connectivity index (χ1v) is 6.81. The molecule has 0 fully saturated rings. The third-order valence-corrected chi connectivity index (χ3v) is 3.24. The molecule has 0 saturated heterocycles. The minimum Gasteiger partial charge on any atom is -0.352 e. The predicted molar refractivity (Wildman–Crippen MR) is 83.2 cm³/mol. The second-order valence-electron chi connectivity index (χ2n) is 4.67. The minimum atomic E-state index is 0.0720. The number of hydrogen-bond acceptors (Lipinski definition) is 1. The van der Waals surface area contributed by atoms with Crippen LogP contribution in [0.3, 0.4) is 0 Å². The van der Waals surface area contributed by atoms with E-state index in [0.29, 0.717) is 13.0 Å². The lowest BCUT2D eigenvalue weighted by molar-refractivity contribution is -0.120. The first kappa shape index (κ1) is 14.1. The molecule has 0 aliphatic rings. The maximum Gasteiger partial charge on any atom is 0.219 e. The number of carbonyl (C=O) groups is 1. The van der Waals surface area contributed by atoms with E-state index in [1.165, 1.54) is 0 Å². The molecule has 0 spiro atoms. The van der Waals surface area contributed by atoms with Crippen LogP contribution in [0, 0.1) is 0 Å². The summed E-state index contributed by atoms with van der Waals surface area (Å²) < 4.78 is 0. The van der Waals surface area contributed by atoms with E-state index in [2.05, 4.69) is 24.0 Å². The Morgan fingerprint density at radius 2 is 1.60 bits per heavy atom. The molecule has 1 amide bonds. The van der Waals surface area contributed by atoms with Crippen molar-refractivity contribution in [2.75, 3.05) is 0 Å². The highest BCUT2D eigenvalue weighted by Gasteiger charge is 2.02. The largest absolute Gasteiger partial charge is 0.352 e. The SMILES string of the molecule is C=C(c1ccccc1)c1ccc(CNC(=O)CC)cc1. The van der Waals surface area contributed by atoms with Crippen molar-refractivity contribution in [3.63, 3.8) is 0 Å². The van der Waals surface area contributed by atoms with Crippen molar-refractivity contribution in [3.05, 3.63) is 77.9 Å². The molecular formula is C18H19NO. The maximum atomic E-state index is 11.2. The molecule has 102 valence electrons. The second kappa shape index (κ2) is 6.71. The van der Waals surface area contributed by atoms with Crippen molar-refractivity contribution < 1.29 is 4.79 Å². The van der Waals surface area contributed by atoms with Crippen molar-refractivity contribution in [3.8, 4) is 0 Å². The Bertz CT molecular complexity index is 585. The van der Waals surface area contributed by atoms with Gasteiger partial charge < -0.3 is 5.32 Å². The van der Waals surface area contributed by atoms with Gasteiger partial charge in [-0.05, 0) is 22.3 Å². The fourth-order valence-corrected chi connectivity index (χ4v) is 1.96. The molecule has 2 aromatic carbocycles. The van der Waals surface area contributed by atoms with Crippen LogP contribution in [0.5, 0.6) is 0 Å². The third kappa shape index (κ3) is 3.58. The Morgan fingerprint density at radius 3 is 2.20 bits per heavy atom. The predicted octanol–water partition coefficient (Wildman–Crippen LogP) is 3.77. The van der Waals surface area contributed by atoms with Gasteiger partial charge in [-0.15, -0.1) is 0 Å². The van der Waals surface area contributed by atoms with Crippen molar-refractivity contribution in [1.82, 2.24) is 5.32 Å². The summed E-state index contributed by atoms with van der Waals surface area (Å²) in [6.45, 7) is 6.57. The fraction of sp³-hybridized carbons (Fsp3) is 0.167. The van der Waals surface area contributed by atoms with Gasteiger partial charge in [0.15, 0.2) is 0 Å². The highest BCUT2D eigenvalue weighted by Crippen LogP contribution is 2.21. The Balaban J connectivity index is 2.05. The zero-order valence-electron chi connectivity index (χ0n) is 11.7. The zero-order valence-corrected chi connectivity index (χ0v) is 11.7. The topological polar surface area (TPSA) is 29.1 Å². The lowest BCUT2D eigenvalue weighted by Crippen LogP contribution is -2.21. The molecule has 2 rings (SSSR count). The monoisotopic (exact) mass is 265 g/mol. The molecule has 0 radical (unpaired) electrons. The van der Waals surface area contributed by atoms with Crippen LogP contribution in [0.15, 0.2) is 61.2 Å². The standard InChI is InChI=1S/C18H19NO/c1-3-18(20)19-13-15-9-11-17(12-10-15)14(2)16-7-5-4-6-8-16/h4-12H,2-3,13H2,1H3,(H,19,20). The third-order valence-electron chi connectivity index (χ3n) is 3.24. The molecule has 0 atom stereocenters. The highest BCUT2D eigenvalue weighted by atomic mass is 16.1. The van der Waals surface area contributed by atoms with Crippen LogP contribution in [-0.2, 0) is 11.3 Å². The van der Waals surface area contributed by atoms with Gasteiger partial charge in [-0.25, -0.2) is 0 Å². The molecule has 0 unspecified atom stereocenters. The Kier molecular flexibility index (Phi) is 4.72. The van der Waals surface area contributed by atoms with E-state index in [1.807, 2.05) is 49.4 Å². The summed E-state index contributed by atoms with van der Waals surface area (Å²) in [6, 6.07) is 18.3. The van der Waals surface area contributed by atoms with Crippen LogP contribution in [0.2, 0.25) is 0 Å². The lowest BCUT2D eigenvalue weighted by atomic mass is 9.99. The molecule has 0 aromatic heterocycles. The van der Waals surface area contributed by atoms with E-state index in [9.17, 15) is 4.79 Å². The first-order valence-electron chi connectivity index (χ1n) is 6.81. The van der Waals surface area contributed by atoms with Crippen LogP contribution in [-0.4, -0.2) is 5.91 Å². The lowest BCUT2D eigenvalue weighted by Gasteiger charge is -2.08. The van der Waals surface area contributed by atoms with Gasteiger partial charge in [0.2, 0.25) is 5.91 Å². The van der Waals surface area contributed by atoms with Crippen LogP contribution in [0.1, 0.15) is 30.0 Å². The van der Waals surface area contributed by atoms with Gasteiger partial charge in [0.1, 0.15) is 0 Å². The van der Waals surface area contributed by atoms with E-state index in [4.69, 9.17) is 0 Å². The normalized spacial score (nSPS) is 10.1. The van der Waals surface area contributed by atoms with E-state index in [-0.39, 0.29) is 5.91 Å². The van der Waals surface area contributed by atoms with Gasteiger partial charge in [0, 0.05) is 13.0 Å². The molecule has 0 saturated carbocycles. The molecule has 0 bridgehead atoms. The van der Waals surface area contributed by atoms with Gasteiger partial charge in [-0.1, -0.05) is 68.1 Å². The highest BCUT2D eigenvalue weighted by molar-refractivity contribution is 5.78. The van der Waals surface area contributed by atoms with E-state index in [0.717, 1.165) is 22.3 Å². The number of carbonyl (C=O) groups excluding carboxylic acids is 1. The minimum absolute atomic E-state index is 0.0720. The molecule has 0 heterocycles. The summed E-state index contributed by atoms with van der Waals surface area (Å²) in [5.74, 6) is 0.0720. The summed E-state index contributed by atoms with van der Waals surface area (Å²) in [4.78, 5) is 11.2. The van der Waals surface area contributed by atoms with Crippen molar-refractivity contribution in [2.45, 2.75) is 19.9 Å². The number of benzene rings is 2. The van der Waals surface area contributed by atoms with E-state index < -0.39 is 0 Å². The van der Waals surface area contributed by atoms with Gasteiger partial charge in [0.05, 0.1) is 0 Å². The summed E-state index contributed by atoms with van der Waals surface area (Å²) >= 11 is 0. The van der Waals surface area contributed by atoms with Crippen molar-refractivity contribution in [1.29, 1.82) is 0 Å². The molecule has 0 aliphatic carbocycles. The number of amides is 1. The first-order chi connectivity index (χ1) is 9.70. The van der Waals surface area contributed by atoms with Gasteiger partial charge >= 0.3 is 0 Å². The quantitative estimate of drug-likeness (QED) is 0.876. The summed E-state index contributed by atoms with van der Waals surface area (Å²) in [5.41, 5.74) is 4.33. The van der Waals surface area contributed by atoms with Crippen LogP contribution >= 0.6 is 0 Å². The van der Waals surface area contributed by atoms with E-state index >= 15 is 0 Å². The Morgan fingerprint density at radius 1 is 1.00 bits per heavy atom. The molecule has 0 aliphatic heterocycles. The Labute approximate surface area is 120 Å². The summed E-state index contributed by atoms with van der Waals surface area (Å²) in [6.07, 6.45) is 0.517. The molecule has 1 N–H and O–H groups in total. The molecule has 2 nitrogen and oxygen atoms in total. The van der Waals surface area contributed by atoms with Crippen molar-refractivity contribution in [2.24, 2.45) is 0 Å². The van der Waals surface area contributed by atoms with Gasteiger partial charge in [-0.2, -0.15) is 0 Å². The van der Waals surface area contributed by atoms with Gasteiger partial charge in [0.25, 0.3) is 0 Å². The fourth-order valence-electron chi connectivity index (χ4n) is 1.96. The molecule has 2 aromatic rings. The van der Waals surface area contributed by atoms with Crippen molar-refractivity contribution >= 4 is 11.5 Å². The maximum absolute atomic E-state index is 11.2. The second-order valence-corrected chi connectivity index (χ2v) is 4.67. The van der Waals surface area contributed by atoms with E-state index in [1.54, 1.807) is 0 Å². The Hall–Kier alpha value is -2.35. The summed E-state index contributed by atoms with van der Waals surface area (Å²) in [5, 5.41) is 2.87. The van der Waals surface area contributed by atoms with Crippen LogP contribution < -0.4 is 5.32 Å². The average Bonchev–Trinajstić information content (AvgIpc) is 2.53. The van der Waals surface area contributed by atoms with Crippen LogP contribution in [0.4, 0.5) is 0 Å². The number of nitrogens with one attached hydrogen (secondary N) is 1. The average molecular weight is 265 g/mol. The number of rotatable bonds is 5. The molecular weight excluding hydrogens is 246 g/mol. The summed E-state index contributed by atoms with van der Waals surface area (Å²) in [7, 11) is 0. The smallest absolute Gasteiger partial charge is 0.219 e. The van der Waals surface area contributed by atoms with Crippen LogP contribution in [0.25, 0.3) is 5.57 Å². The molecule has 20 heavy (non-hydrogen) atoms. The molecule has 2 heteroatoms. The van der Waals surface area contributed by atoms with Gasteiger partial charge in [-0.3, -0.25) is 4.79 Å². The number of hydrogen-bond donors (Lipinski definition) is 1. The zero-order chi connectivity index (χ0) is 14.4.